The summed E-state index contributed by atoms with van der Waals surface area (Å²) < 4.78 is 1.65. The molecule has 26 heavy (non-hydrogen) atoms. The van der Waals surface area contributed by atoms with Crippen LogP contribution in [0.2, 0.25) is 0 Å². The van der Waals surface area contributed by atoms with E-state index in [1.165, 1.54) is 5.56 Å². The van der Waals surface area contributed by atoms with Crippen molar-refractivity contribution in [2.45, 2.75) is 13.8 Å². The number of nitrogens with zero attached hydrogens (tertiary/aromatic N) is 1. The molecule has 1 N–H and O–H groups in total. The number of nitrogens with one attached hydrogen (secondary N) is 1. The Labute approximate surface area is 152 Å². The number of aromatic amines is 1. The Hall–Kier alpha value is -3.33. The Balaban J connectivity index is 2.01. The minimum absolute atomic E-state index is 0.0398. The molecule has 0 aliphatic carbocycles. The van der Waals surface area contributed by atoms with Crippen molar-refractivity contribution in [3.05, 3.63) is 100 Å². The number of rotatable bonds is 3. The normalized spacial score (nSPS) is 10.8. The van der Waals surface area contributed by atoms with Crippen LogP contribution >= 0.6 is 0 Å². The first kappa shape index (κ1) is 16.2. The van der Waals surface area contributed by atoms with E-state index >= 15 is 0 Å². The summed E-state index contributed by atoms with van der Waals surface area (Å²) in [7, 11) is 0. The fourth-order valence-electron chi connectivity index (χ4n) is 3.22. The molecule has 0 amide bonds. The van der Waals surface area contributed by atoms with Gasteiger partial charge in [-0.15, -0.1) is 0 Å². The second-order valence-electron chi connectivity index (χ2n) is 6.52. The molecule has 128 valence electrons. The van der Waals surface area contributed by atoms with E-state index in [0.717, 1.165) is 28.1 Å². The van der Waals surface area contributed by atoms with Gasteiger partial charge < -0.3 is 0 Å². The molecule has 0 unspecified atom stereocenters. The van der Waals surface area contributed by atoms with Gasteiger partial charge in [-0.05, 0) is 31.0 Å². The zero-order valence-corrected chi connectivity index (χ0v) is 14.9. The van der Waals surface area contributed by atoms with E-state index in [2.05, 4.69) is 5.10 Å². The molecule has 0 fully saturated rings. The lowest BCUT2D eigenvalue weighted by Crippen LogP contribution is -2.16. The van der Waals surface area contributed by atoms with Crippen molar-refractivity contribution in [1.82, 2.24) is 9.78 Å². The largest absolute Gasteiger partial charge is 0.290 e. The van der Waals surface area contributed by atoms with Crippen molar-refractivity contribution < 1.29 is 0 Å². The summed E-state index contributed by atoms with van der Waals surface area (Å²) in [6.45, 7) is 4.06. The lowest BCUT2D eigenvalue weighted by Gasteiger charge is -2.05. The molecule has 4 rings (SSSR count). The molecule has 1 heterocycles. The third kappa shape index (κ3) is 2.78. The molecule has 3 aromatic carbocycles. The average molecular weight is 340 g/mol. The topological polar surface area (TPSA) is 37.8 Å². The van der Waals surface area contributed by atoms with Crippen molar-refractivity contribution in [2.24, 2.45) is 0 Å². The van der Waals surface area contributed by atoms with Crippen LogP contribution in [0.3, 0.4) is 0 Å². The Morgan fingerprint density at radius 2 is 1.38 bits per heavy atom. The minimum atomic E-state index is -0.0398. The van der Waals surface area contributed by atoms with Crippen LogP contribution in [0.15, 0.2) is 83.7 Å². The lowest BCUT2D eigenvalue weighted by atomic mass is 10.0. The molecular weight excluding hydrogens is 320 g/mol. The summed E-state index contributed by atoms with van der Waals surface area (Å²) in [5.74, 6) is 0. The van der Waals surface area contributed by atoms with Gasteiger partial charge in [0.05, 0.1) is 16.9 Å². The van der Waals surface area contributed by atoms with Crippen LogP contribution in [0.1, 0.15) is 11.1 Å². The van der Waals surface area contributed by atoms with Crippen molar-refractivity contribution in [1.29, 1.82) is 0 Å². The van der Waals surface area contributed by atoms with Crippen LogP contribution in [-0.4, -0.2) is 9.78 Å². The van der Waals surface area contributed by atoms with Crippen molar-refractivity contribution in [2.75, 3.05) is 0 Å². The highest BCUT2D eigenvalue weighted by Gasteiger charge is 2.18. The molecule has 1 aromatic heterocycles. The summed E-state index contributed by atoms with van der Waals surface area (Å²) >= 11 is 0. The van der Waals surface area contributed by atoms with E-state index in [4.69, 9.17) is 0 Å². The summed E-state index contributed by atoms with van der Waals surface area (Å²) in [6, 6.07) is 26.0. The number of hydrogen-bond donors (Lipinski definition) is 1. The Kier molecular flexibility index (Phi) is 4.05. The first-order valence-electron chi connectivity index (χ1n) is 8.68. The minimum Gasteiger partial charge on any atom is -0.290 e. The molecular formula is C23H20N2O. The summed E-state index contributed by atoms with van der Waals surface area (Å²) in [5, 5.41) is 3.34. The van der Waals surface area contributed by atoms with Gasteiger partial charge in [0.1, 0.15) is 0 Å². The van der Waals surface area contributed by atoms with Gasteiger partial charge in [0.15, 0.2) is 0 Å². The Bertz CT molecular complexity index is 1100. The van der Waals surface area contributed by atoms with Crippen LogP contribution in [0.4, 0.5) is 0 Å². The van der Waals surface area contributed by atoms with Crippen molar-refractivity contribution >= 4 is 0 Å². The van der Waals surface area contributed by atoms with E-state index in [1.807, 2.05) is 92.7 Å². The molecule has 3 heteroatoms. The van der Waals surface area contributed by atoms with E-state index in [1.54, 1.807) is 4.68 Å². The maximum atomic E-state index is 13.3. The summed E-state index contributed by atoms with van der Waals surface area (Å²) in [6.07, 6.45) is 0. The predicted octanol–water partition coefficient (Wildman–Crippen LogP) is 5.12. The van der Waals surface area contributed by atoms with Gasteiger partial charge in [-0.2, -0.15) is 0 Å². The standard InChI is InChI=1S/C23H20N2O/c1-16-12-14-18(15-13-16)21-22(19-9-4-3-5-10-19)24-25(23(21)26)20-11-7-6-8-17(20)2/h3-15,24H,1-2H3. The van der Waals surface area contributed by atoms with Gasteiger partial charge >= 0.3 is 0 Å². The maximum Gasteiger partial charge on any atom is 0.279 e. The van der Waals surface area contributed by atoms with Gasteiger partial charge in [0, 0.05) is 5.56 Å². The first-order chi connectivity index (χ1) is 12.6. The van der Waals surface area contributed by atoms with Gasteiger partial charge in [0.25, 0.3) is 5.56 Å². The molecule has 0 aliphatic rings. The smallest absolute Gasteiger partial charge is 0.279 e. The number of aryl methyl sites for hydroxylation is 2. The zero-order chi connectivity index (χ0) is 18.1. The highest BCUT2D eigenvalue weighted by molar-refractivity contribution is 5.80. The van der Waals surface area contributed by atoms with Gasteiger partial charge in [0.2, 0.25) is 0 Å². The van der Waals surface area contributed by atoms with Crippen molar-refractivity contribution in [3.8, 4) is 28.1 Å². The van der Waals surface area contributed by atoms with Gasteiger partial charge in [-0.25, -0.2) is 4.68 Å². The Morgan fingerprint density at radius 1 is 0.731 bits per heavy atom. The molecule has 0 saturated heterocycles. The number of H-pyrrole nitrogens is 1. The molecule has 0 bridgehead atoms. The highest BCUT2D eigenvalue weighted by atomic mass is 16.1. The van der Waals surface area contributed by atoms with Crippen LogP contribution in [-0.2, 0) is 0 Å². The van der Waals surface area contributed by atoms with Crippen LogP contribution < -0.4 is 5.56 Å². The van der Waals surface area contributed by atoms with Gasteiger partial charge in [-0.1, -0.05) is 78.4 Å². The molecule has 0 spiro atoms. The van der Waals surface area contributed by atoms with Gasteiger partial charge in [-0.3, -0.25) is 9.89 Å². The van der Waals surface area contributed by atoms with Crippen molar-refractivity contribution in [3.63, 3.8) is 0 Å². The third-order valence-corrected chi connectivity index (χ3v) is 4.65. The zero-order valence-electron chi connectivity index (χ0n) is 14.9. The quantitative estimate of drug-likeness (QED) is 0.552. The van der Waals surface area contributed by atoms with E-state index in [-0.39, 0.29) is 5.56 Å². The number of hydrogen-bond acceptors (Lipinski definition) is 1. The van der Waals surface area contributed by atoms with E-state index in [0.29, 0.717) is 5.56 Å². The molecule has 3 nitrogen and oxygen atoms in total. The lowest BCUT2D eigenvalue weighted by molar-refractivity contribution is 0.846. The summed E-state index contributed by atoms with van der Waals surface area (Å²) in [5.41, 5.74) is 6.49. The molecule has 4 aromatic rings. The summed E-state index contributed by atoms with van der Waals surface area (Å²) in [4.78, 5) is 13.3. The molecule has 0 aliphatic heterocycles. The molecule has 0 radical (unpaired) electrons. The van der Waals surface area contributed by atoms with E-state index < -0.39 is 0 Å². The van der Waals surface area contributed by atoms with E-state index in [9.17, 15) is 4.79 Å². The molecule has 0 saturated carbocycles. The van der Waals surface area contributed by atoms with Crippen LogP contribution in [0, 0.1) is 13.8 Å². The fraction of sp³-hybridized carbons (Fsp3) is 0.0870. The number of para-hydroxylation sites is 1. The SMILES string of the molecule is Cc1ccc(-c2c(-c3ccccc3)[nH]n(-c3ccccc3C)c2=O)cc1. The average Bonchev–Trinajstić information content (AvgIpc) is 3.01. The first-order valence-corrected chi connectivity index (χ1v) is 8.68. The second-order valence-corrected chi connectivity index (χ2v) is 6.52. The maximum absolute atomic E-state index is 13.3. The Morgan fingerprint density at radius 3 is 2.08 bits per heavy atom. The monoisotopic (exact) mass is 340 g/mol. The molecule has 0 atom stereocenters. The van der Waals surface area contributed by atoms with Crippen LogP contribution in [0.5, 0.6) is 0 Å². The highest BCUT2D eigenvalue weighted by Crippen LogP contribution is 2.29. The second kappa shape index (κ2) is 6.52. The number of benzene rings is 3. The number of aromatic nitrogens is 2. The van der Waals surface area contributed by atoms with Crippen LogP contribution in [0.25, 0.3) is 28.1 Å². The third-order valence-electron chi connectivity index (χ3n) is 4.65. The fourth-order valence-corrected chi connectivity index (χ4v) is 3.22. The predicted molar refractivity (Wildman–Crippen MR) is 107 cm³/mol.